The fraction of sp³-hybridized carbons (Fsp3) is 0.250. The van der Waals surface area contributed by atoms with Crippen LogP contribution in [0.25, 0.3) is 0 Å². The third-order valence-corrected chi connectivity index (χ3v) is 2.94. The van der Waals surface area contributed by atoms with Crippen LogP contribution in [0.4, 0.5) is 5.82 Å². The number of amides is 1. The fourth-order valence-electron chi connectivity index (χ4n) is 1.80. The van der Waals surface area contributed by atoms with Crippen LogP contribution in [0.15, 0.2) is 16.7 Å². The first-order valence-electron chi connectivity index (χ1n) is 5.60. The van der Waals surface area contributed by atoms with Crippen LogP contribution in [0, 0.1) is 13.8 Å². The molecule has 0 bridgehead atoms. The van der Waals surface area contributed by atoms with Crippen molar-refractivity contribution < 1.29 is 9.21 Å². The van der Waals surface area contributed by atoms with Crippen LogP contribution in [-0.4, -0.2) is 20.7 Å². The molecule has 0 radical (unpaired) electrons. The van der Waals surface area contributed by atoms with Crippen LogP contribution in [0.5, 0.6) is 0 Å². The van der Waals surface area contributed by atoms with Crippen LogP contribution >= 0.6 is 12.2 Å². The Morgan fingerprint density at radius 2 is 2.16 bits per heavy atom. The highest BCUT2D eigenvalue weighted by atomic mass is 32.1. The lowest BCUT2D eigenvalue weighted by Crippen LogP contribution is -2.19. The monoisotopic (exact) mass is 278 g/mol. The molecule has 0 aromatic carbocycles. The van der Waals surface area contributed by atoms with E-state index in [9.17, 15) is 4.79 Å². The molecule has 0 saturated heterocycles. The van der Waals surface area contributed by atoms with Crippen molar-refractivity contribution in [1.82, 2.24) is 9.78 Å². The SMILES string of the molecule is Cc1cc(C(=O)Nc2c(C(N)=S)cnn2C)c(C)o1. The topological polar surface area (TPSA) is 86.1 Å². The number of carbonyl (C=O) groups is 1. The standard InChI is InChI=1S/C12H14N4O2S/c1-6-4-8(7(2)18-6)12(17)15-11-9(10(13)19)5-14-16(11)3/h4-5H,1-3H3,(H2,13,19)(H,15,17). The van der Waals surface area contributed by atoms with Gasteiger partial charge in [-0.1, -0.05) is 12.2 Å². The number of rotatable bonds is 3. The van der Waals surface area contributed by atoms with Crippen LogP contribution in [-0.2, 0) is 7.05 Å². The van der Waals surface area contributed by atoms with E-state index in [0.29, 0.717) is 28.5 Å². The maximum Gasteiger partial charge on any atom is 0.260 e. The summed E-state index contributed by atoms with van der Waals surface area (Å²) in [6.45, 7) is 3.52. The first kappa shape index (κ1) is 13.3. The van der Waals surface area contributed by atoms with Gasteiger partial charge in [-0.15, -0.1) is 0 Å². The minimum Gasteiger partial charge on any atom is -0.466 e. The van der Waals surface area contributed by atoms with Gasteiger partial charge in [0, 0.05) is 7.05 Å². The number of hydrogen-bond acceptors (Lipinski definition) is 4. The Kier molecular flexibility index (Phi) is 3.39. The van der Waals surface area contributed by atoms with Crippen molar-refractivity contribution >= 4 is 28.9 Å². The third-order valence-electron chi connectivity index (χ3n) is 2.72. The summed E-state index contributed by atoms with van der Waals surface area (Å²) in [5, 5.41) is 6.77. The summed E-state index contributed by atoms with van der Waals surface area (Å²) in [5.41, 5.74) is 6.60. The van der Waals surface area contributed by atoms with Crippen LogP contribution in [0.1, 0.15) is 27.4 Å². The van der Waals surface area contributed by atoms with Gasteiger partial charge < -0.3 is 15.5 Å². The van der Waals surface area contributed by atoms with Crippen molar-refractivity contribution in [1.29, 1.82) is 0 Å². The number of hydrogen-bond donors (Lipinski definition) is 2. The van der Waals surface area contributed by atoms with Gasteiger partial charge in [-0.3, -0.25) is 9.48 Å². The van der Waals surface area contributed by atoms with E-state index in [-0.39, 0.29) is 10.9 Å². The number of aromatic nitrogens is 2. The molecule has 6 nitrogen and oxygen atoms in total. The average Bonchev–Trinajstić information content (AvgIpc) is 2.83. The number of furan rings is 1. The number of aryl methyl sites for hydroxylation is 3. The summed E-state index contributed by atoms with van der Waals surface area (Å²) in [6.07, 6.45) is 1.52. The fourth-order valence-corrected chi connectivity index (χ4v) is 1.95. The maximum atomic E-state index is 12.2. The summed E-state index contributed by atoms with van der Waals surface area (Å²) < 4.78 is 6.84. The predicted octanol–water partition coefficient (Wildman–Crippen LogP) is 1.52. The maximum absolute atomic E-state index is 12.2. The van der Waals surface area contributed by atoms with E-state index >= 15 is 0 Å². The van der Waals surface area contributed by atoms with Crippen molar-refractivity contribution in [2.24, 2.45) is 12.8 Å². The van der Waals surface area contributed by atoms with Gasteiger partial charge >= 0.3 is 0 Å². The molecule has 3 N–H and O–H groups in total. The Morgan fingerprint density at radius 1 is 1.47 bits per heavy atom. The molecule has 2 aromatic rings. The summed E-state index contributed by atoms with van der Waals surface area (Å²) >= 11 is 4.92. The summed E-state index contributed by atoms with van der Waals surface area (Å²) in [5.74, 6) is 1.43. The second kappa shape index (κ2) is 4.85. The second-order valence-corrected chi connectivity index (χ2v) is 4.62. The number of nitrogens with one attached hydrogen (secondary N) is 1. The van der Waals surface area contributed by atoms with Gasteiger partial charge in [0.2, 0.25) is 0 Å². The van der Waals surface area contributed by atoms with Crippen molar-refractivity contribution in [3.8, 4) is 0 Å². The zero-order chi connectivity index (χ0) is 14.2. The van der Waals surface area contributed by atoms with Crippen LogP contribution in [0.3, 0.4) is 0 Å². The second-order valence-electron chi connectivity index (χ2n) is 4.18. The molecule has 0 fully saturated rings. The summed E-state index contributed by atoms with van der Waals surface area (Å²) in [6, 6.07) is 1.68. The van der Waals surface area contributed by atoms with E-state index in [1.165, 1.54) is 10.9 Å². The Labute approximate surface area is 115 Å². The van der Waals surface area contributed by atoms with Crippen molar-refractivity contribution in [2.45, 2.75) is 13.8 Å². The molecular formula is C12H14N4O2S. The molecule has 19 heavy (non-hydrogen) atoms. The highest BCUT2D eigenvalue weighted by Crippen LogP contribution is 2.18. The number of carbonyl (C=O) groups excluding carboxylic acids is 1. The molecule has 0 saturated carbocycles. The molecule has 2 heterocycles. The lowest BCUT2D eigenvalue weighted by atomic mass is 10.2. The number of nitrogens with zero attached hydrogens (tertiary/aromatic N) is 2. The van der Waals surface area contributed by atoms with Crippen molar-refractivity contribution in [3.05, 3.63) is 34.9 Å². The number of nitrogens with two attached hydrogens (primary N) is 1. The molecule has 0 aliphatic carbocycles. The first-order chi connectivity index (χ1) is 8.90. The number of thiocarbonyl (C=S) groups is 1. The Hall–Kier alpha value is -2.15. The molecule has 100 valence electrons. The quantitative estimate of drug-likeness (QED) is 0.831. The van der Waals surface area contributed by atoms with Crippen molar-refractivity contribution in [3.63, 3.8) is 0 Å². The summed E-state index contributed by atoms with van der Waals surface area (Å²) in [4.78, 5) is 12.4. The van der Waals surface area contributed by atoms with Crippen LogP contribution < -0.4 is 11.1 Å². The molecule has 0 spiro atoms. The normalized spacial score (nSPS) is 10.5. The van der Waals surface area contributed by atoms with Gasteiger partial charge in [-0.05, 0) is 19.9 Å². The van der Waals surface area contributed by atoms with Crippen molar-refractivity contribution in [2.75, 3.05) is 5.32 Å². The first-order valence-corrected chi connectivity index (χ1v) is 6.01. The molecule has 1 amide bonds. The minimum atomic E-state index is -0.282. The Bertz CT molecular complexity index is 657. The van der Waals surface area contributed by atoms with Gasteiger partial charge in [0.05, 0.1) is 17.3 Å². The zero-order valence-electron chi connectivity index (χ0n) is 10.9. The van der Waals surface area contributed by atoms with Gasteiger partial charge in [0.25, 0.3) is 5.91 Å². The molecule has 0 aliphatic heterocycles. The van der Waals surface area contributed by atoms with E-state index in [2.05, 4.69) is 10.4 Å². The van der Waals surface area contributed by atoms with Crippen LogP contribution in [0.2, 0.25) is 0 Å². The van der Waals surface area contributed by atoms with E-state index in [1.54, 1.807) is 27.0 Å². The highest BCUT2D eigenvalue weighted by molar-refractivity contribution is 7.80. The molecule has 7 heteroatoms. The molecule has 2 rings (SSSR count). The minimum absolute atomic E-state index is 0.184. The third kappa shape index (κ3) is 2.50. The van der Waals surface area contributed by atoms with Gasteiger partial charge in [-0.25, -0.2) is 0 Å². The molecule has 2 aromatic heterocycles. The lowest BCUT2D eigenvalue weighted by molar-refractivity contribution is 0.102. The molecule has 0 atom stereocenters. The van der Waals surface area contributed by atoms with Gasteiger partial charge in [0.15, 0.2) is 0 Å². The smallest absolute Gasteiger partial charge is 0.260 e. The molecular weight excluding hydrogens is 264 g/mol. The predicted molar refractivity (Wildman–Crippen MR) is 75.2 cm³/mol. The van der Waals surface area contributed by atoms with E-state index < -0.39 is 0 Å². The largest absolute Gasteiger partial charge is 0.466 e. The van der Waals surface area contributed by atoms with E-state index in [1.807, 2.05) is 0 Å². The zero-order valence-corrected chi connectivity index (χ0v) is 11.7. The Balaban J connectivity index is 2.31. The molecule has 0 unspecified atom stereocenters. The molecule has 0 aliphatic rings. The van der Waals surface area contributed by atoms with E-state index in [0.717, 1.165) is 0 Å². The average molecular weight is 278 g/mol. The Morgan fingerprint density at radius 3 is 2.68 bits per heavy atom. The highest BCUT2D eigenvalue weighted by Gasteiger charge is 2.18. The van der Waals surface area contributed by atoms with E-state index in [4.69, 9.17) is 22.4 Å². The number of anilines is 1. The lowest BCUT2D eigenvalue weighted by Gasteiger charge is -2.07. The van der Waals surface area contributed by atoms with Gasteiger partial charge in [-0.2, -0.15) is 5.10 Å². The summed E-state index contributed by atoms with van der Waals surface area (Å²) in [7, 11) is 1.70. The van der Waals surface area contributed by atoms with Gasteiger partial charge in [0.1, 0.15) is 22.3 Å².